The highest BCUT2D eigenvalue weighted by Crippen LogP contribution is 2.39. The largest absolute Gasteiger partial charge is 0.417 e. The second-order valence-corrected chi connectivity index (χ2v) is 31.0. The number of nitrogens with one attached hydrogen (secondary N) is 3. The Balaban J connectivity index is 1.30. The molecule has 28 heteroatoms. The summed E-state index contributed by atoms with van der Waals surface area (Å²) >= 11 is 6.17. The van der Waals surface area contributed by atoms with E-state index < -0.39 is 173 Å². The fraction of sp³-hybridized carbons (Fsp3) is 0.757. The van der Waals surface area contributed by atoms with Crippen molar-refractivity contribution in [2.24, 2.45) is 23.7 Å². The fourth-order valence-corrected chi connectivity index (χ4v) is 16.4. The first kappa shape index (κ1) is 82.2. The Morgan fingerprint density at radius 1 is 0.627 bits per heavy atom. The molecule has 24 nitrogen and oxygen atoms in total. The topological polar surface area (TPSA) is 270 Å². The average Bonchev–Trinajstić information content (AvgIpc) is 1.36. The van der Waals surface area contributed by atoms with Crippen LogP contribution in [0.2, 0.25) is 5.02 Å². The van der Waals surface area contributed by atoms with Crippen LogP contribution in [-0.4, -0.2) is 251 Å². The molecule has 3 heterocycles. The van der Waals surface area contributed by atoms with Crippen LogP contribution in [-0.2, 0) is 70.1 Å². The molecule has 1 unspecified atom stereocenters. The highest BCUT2D eigenvalue weighted by Gasteiger charge is 2.52. The number of piperidine rings is 1. The molecule has 12 amide bonds. The Bertz CT molecular complexity index is 3170. The van der Waals surface area contributed by atoms with Gasteiger partial charge in [0.15, 0.2) is 0 Å². The number of benzene rings is 1. The predicted octanol–water partition coefficient (Wildman–Crippen LogP) is 6.81. The van der Waals surface area contributed by atoms with Gasteiger partial charge >= 0.3 is 6.18 Å². The molecule has 3 aliphatic carbocycles. The van der Waals surface area contributed by atoms with E-state index in [2.05, 4.69) is 16.0 Å². The average molecular weight is 1460 g/mol. The number of aryl methyl sites for hydroxylation is 1. The van der Waals surface area contributed by atoms with Gasteiger partial charge in [0, 0.05) is 69.0 Å². The first-order valence-electron chi connectivity index (χ1n) is 37.3. The van der Waals surface area contributed by atoms with Gasteiger partial charge in [-0.05, 0) is 132 Å². The summed E-state index contributed by atoms with van der Waals surface area (Å²) in [6.45, 7) is 8.47. The molecule has 6 fully saturated rings. The summed E-state index contributed by atoms with van der Waals surface area (Å²) in [6, 6.07) is -6.74. The van der Waals surface area contributed by atoms with E-state index >= 15 is 28.8 Å². The van der Waals surface area contributed by atoms with Crippen molar-refractivity contribution in [1.29, 1.82) is 0 Å². The molecular weight excluding hydrogens is 1340 g/mol. The molecule has 3 N–H and O–H groups in total. The summed E-state index contributed by atoms with van der Waals surface area (Å²) in [4.78, 5) is 192. The van der Waals surface area contributed by atoms with Crippen LogP contribution in [0.5, 0.6) is 0 Å². The smallest absolute Gasteiger partial charge is 0.343 e. The number of likely N-dealkylation sites (tertiary alicyclic amines) is 1. The molecule has 7 rings (SSSR count). The molecule has 0 aromatic heterocycles. The summed E-state index contributed by atoms with van der Waals surface area (Å²) < 4.78 is 41.7. The minimum Gasteiger partial charge on any atom is -0.343 e. The Kier molecular flexibility index (Phi) is 29.5. The fourth-order valence-electron chi connectivity index (χ4n) is 16.1. The van der Waals surface area contributed by atoms with E-state index in [4.69, 9.17) is 11.6 Å². The van der Waals surface area contributed by atoms with Crippen LogP contribution in [0.1, 0.15) is 200 Å². The number of alkyl halides is 3. The first-order chi connectivity index (χ1) is 48.1. The zero-order valence-corrected chi connectivity index (χ0v) is 63.1. The maximum Gasteiger partial charge on any atom is 0.417 e. The highest BCUT2D eigenvalue weighted by atomic mass is 35.5. The molecule has 3 aliphatic heterocycles. The number of hydrogen-bond donors (Lipinski definition) is 3. The molecular formula is C74H114ClF3N12O12. The lowest BCUT2D eigenvalue weighted by molar-refractivity contribution is -0.157. The molecule has 9 atom stereocenters. The van der Waals surface area contributed by atoms with Crippen molar-refractivity contribution >= 4 is 82.5 Å². The van der Waals surface area contributed by atoms with Gasteiger partial charge in [-0.25, -0.2) is 0 Å². The maximum absolute atomic E-state index is 15.8. The van der Waals surface area contributed by atoms with E-state index in [1.165, 1.54) is 91.7 Å². The van der Waals surface area contributed by atoms with Crippen LogP contribution < -0.4 is 16.0 Å². The molecule has 1 aromatic rings. The van der Waals surface area contributed by atoms with E-state index in [-0.39, 0.29) is 63.3 Å². The molecule has 0 radical (unpaired) electrons. The van der Waals surface area contributed by atoms with Crippen molar-refractivity contribution in [3.8, 4) is 0 Å². The van der Waals surface area contributed by atoms with Crippen LogP contribution in [0.15, 0.2) is 18.2 Å². The molecule has 1 aromatic carbocycles. The summed E-state index contributed by atoms with van der Waals surface area (Å²) in [7, 11) is 10.1. The lowest BCUT2D eigenvalue weighted by Crippen LogP contribution is -2.65. The molecule has 3 saturated carbocycles. The number of halogens is 4. The van der Waals surface area contributed by atoms with Crippen LogP contribution in [0.3, 0.4) is 0 Å². The maximum atomic E-state index is 15.8. The van der Waals surface area contributed by atoms with Gasteiger partial charge in [-0.2, -0.15) is 13.2 Å². The number of hydrogen-bond acceptors (Lipinski definition) is 12. The standard InChI is InChI=1S/C74H114ClF3N12O12/c1-13-47(4)62-70(100)83(7)45-61(93)84(8)48(5)66(96)86(10)57(42-49-26-17-14-18-27-49)68(98)82(6)44-59(91)79-54(34-32-50-31-33-52(53(75)41-50)74(76,77)78)67(97)90-39-25-30-55(90)65(95)81-73(35-21-22-36-73)72(102)88(12)63(51-28-19-15-20-29-51)71(101)87(11)58(69(99)89-37-23-16-24-38-89)43-60(92)85(9)56(40-46(2)3)64(94)80-62/h31,33,41,46-49,51,54-58,62-63H,13-30,32,34-40,42-45H2,1-12H3,(H,79,91)(H,80,94)(H,81,95)/t47-,48-,54-,55?,56-,57-,58-,62-,63-/m0/s1. The van der Waals surface area contributed by atoms with Gasteiger partial charge in [-0.15, -0.1) is 0 Å². The van der Waals surface area contributed by atoms with E-state index in [1.54, 1.807) is 11.8 Å². The van der Waals surface area contributed by atoms with Gasteiger partial charge in [0.05, 0.1) is 30.1 Å². The van der Waals surface area contributed by atoms with Gasteiger partial charge in [-0.3, -0.25) is 57.5 Å². The summed E-state index contributed by atoms with van der Waals surface area (Å²) in [5.74, 6) is -8.70. The third kappa shape index (κ3) is 20.3. The third-order valence-electron chi connectivity index (χ3n) is 22.8. The second-order valence-electron chi connectivity index (χ2n) is 30.5. The number of rotatable bonds is 11. The lowest BCUT2D eigenvalue weighted by Gasteiger charge is -2.43. The van der Waals surface area contributed by atoms with Crippen molar-refractivity contribution in [2.75, 3.05) is 82.1 Å². The quantitative estimate of drug-likeness (QED) is 0.206. The van der Waals surface area contributed by atoms with E-state index in [9.17, 15) is 41.9 Å². The van der Waals surface area contributed by atoms with Crippen molar-refractivity contribution in [3.63, 3.8) is 0 Å². The van der Waals surface area contributed by atoms with Gasteiger partial charge < -0.3 is 60.0 Å². The molecule has 102 heavy (non-hydrogen) atoms. The molecule has 6 aliphatic rings. The van der Waals surface area contributed by atoms with Crippen LogP contribution in [0.4, 0.5) is 13.2 Å². The van der Waals surface area contributed by atoms with Gasteiger partial charge in [0.1, 0.15) is 53.9 Å². The second kappa shape index (κ2) is 36.6. The SMILES string of the molecule is CC[C@H](C)[C@@H]1NC(=O)[C@H](CC(C)C)N(C)C(=O)C[C@@H](C(=O)N2CCCCC2)N(C)C(=O)[C@H](C2CCCCC2)N(C)C(=O)C2(CCCC2)NC(=O)C2CCCN2C(=O)[C@H](CCc2ccc(C(F)(F)F)c(Cl)c2)NC(=O)CN(C)C(=O)[C@H](CC2CCCCC2)N(C)C(=O)[C@H](C)N(C)C(=O)CN(C)C1=O. The normalized spacial score (nSPS) is 27.4. The summed E-state index contributed by atoms with van der Waals surface area (Å²) in [5.41, 5.74) is -2.34. The minimum absolute atomic E-state index is 0.0109. The number of likely N-dealkylation sites (N-methyl/N-ethyl adjacent to an activating group) is 7. The van der Waals surface area contributed by atoms with Crippen LogP contribution in [0.25, 0.3) is 0 Å². The monoisotopic (exact) mass is 1450 g/mol. The number of nitrogens with zero attached hydrogens (tertiary/aromatic N) is 9. The Morgan fingerprint density at radius 2 is 1.24 bits per heavy atom. The van der Waals surface area contributed by atoms with E-state index in [0.29, 0.717) is 70.0 Å². The minimum atomic E-state index is -4.76. The first-order valence-corrected chi connectivity index (χ1v) is 37.7. The lowest BCUT2D eigenvalue weighted by atomic mass is 9.81. The number of fused-ring (bicyclic) bond motifs is 1. The zero-order chi connectivity index (χ0) is 75.2. The zero-order valence-electron chi connectivity index (χ0n) is 62.3. The van der Waals surface area contributed by atoms with Crippen molar-refractivity contribution in [1.82, 2.24) is 60.0 Å². The summed E-state index contributed by atoms with van der Waals surface area (Å²) in [5, 5.41) is 8.22. The Labute approximate surface area is 605 Å². The van der Waals surface area contributed by atoms with Crippen molar-refractivity contribution in [3.05, 3.63) is 34.3 Å². The molecule has 3 saturated heterocycles. The Morgan fingerprint density at radius 3 is 1.83 bits per heavy atom. The highest BCUT2D eigenvalue weighted by molar-refractivity contribution is 6.31. The van der Waals surface area contributed by atoms with Crippen molar-refractivity contribution in [2.45, 2.75) is 255 Å². The number of carbonyl (C=O) groups is 12. The number of amides is 12. The van der Waals surface area contributed by atoms with Gasteiger partial charge in [-0.1, -0.05) is 116 Å². The predicted molar refractivity (Wildman–Crippen MR) is 378 cm³/mol. The van der Waals surface area contributed by atoms with Gasteiger partial charge in [0.25, 0.3) is 0 Å². The van der Waals surface area contributed by atoms with Crippen molar-refractivity contribution < 1.29 is 70.7 Å². The van der Waals surface area contributed by atoms with Crippen LogP contribution >= 0.6 is 11.6 Å². The van der Waals surface area contributed by atoms with E-state index in [1.807, 2.05) is 20.8 Å². The Hall–Kier alpha value is -7.06. The molecule has 1 spiro atoms. The third-order valence-corrected chi connectivity index (χ3v) is 23.2. The van der Waals surface area contributed by atoms with Crippen LogP contribution in [0, 0.1) is 23.7 Å². The van der Waals surface area contributed by atoms with E-state index in [0.717, 1.165) is 79.7 Å². The summed E-state index contributed by atoms with van der Waals surface area (Å²) in [6.07, 6.45) is 7.08. The number of carbonyl (C=O) groups excluding carboxylic acids is 12. The molecule has 0 bridgehead atoms. The van der Waals surface area contributed by atoms with Gasteiger partial charge in [0.2, 0.25) is 70.9 Å². The molecule has 570 valence electrons.